The summed E-state index contributed by atoms with van der Waals surface area (Å²) in [6.45, 7) is 2.29. The molecule has 0 radical (unpaired) electrons. The molecule has 22 heavy (non-hydrogen) atoms. The third-order valence-corrected chi connectivity index (χ3v) is 3.58. The lowest BCUT2D eigenvalue weighted by atomic mass is 9.98. The van der Waals surface area contributed by atoms with E-state index in [2.05, 4.69) is 4.74 Å². The molecule has 8 heteroatoms. The molecule has 2 N–H and O–H groups in total. The maximum Gasteiger partial charge on any atom is 0.573 e. The molecular weight excluding hydrogens is 301 g/mol. The highest BCUT2D eigenvalue weighted by Gasteiger charge is 2.36. The van der Waals surface area contributed by atoms with Gasteiger partial charge in [-0.2, -0.15) is 0 Å². The molecule has 1 aromatic carbocycles. The Balaban J connectivity index is 2.14. The summed E-state index contributed by atoms with van der Waals surface area (Å²) in [5.41, 5.74) is 5.33. The van der Waals surface area contributed by atoms with E-state index in [9.17, 15) is 22.8 Å². The van der Waals surface area contributed by atoms with Gasteiger partial charge in [0.05, 0.1) is 5.92 Å². The Morgan fingerprint density at radius 1 is 1.32 bits per heavy atom. The summed E-state index contributed by atoms with van der Waals surface area (Å²) >= 11 is 0. The number of halogens is 3. The van der Waals surface area contributed by atoms with Crippen LogP contribution in [0.5, 0.6) is 5.75 Å². The zero-order valence-electron chi connectivity index (χ0n) is 11.8. The minimum atomic E-state index is -4.82. The van der Waals surface area contributed by atoms with E-state index in [4.69, 9.17) is 5.73 Å². The van der Waals surface area contributed by atoms with Gasteiger partial charge in [0.1, 0.15) is 5.75 Å². The first-order valence-electron chi connectivity index (χ1n) is 6.62. The molecule has 2 amide bonds. The van der Waals surface area contributed by atoms with Crippen LogP contribution in [0.15, 0.2) is 24.3 Å². The van der Waals surface area contributed by atoms with Crippen LogP contribution in [0.1, 0.15) is 17.3 Å². The van der Waals surface area contributed by atoms with E-state index >= 15 is 0 Å². The molecule has 0 aliphatic carbocycles. The van der Waals surface area contributed by atoms with E-state index in [1.54, 1.807) is 6.92 Å². The molecule has 5 nitrogen and oxygen atoms in total. The normalized spacial score (nSPS) is 21.7. The maximum atomic E-state index is 12.3. The summed E-state index contributed by atoms with van der Waals surface area (Å²) < 4.78 is 40.4. The molecule has 0 saturated carbocycles. The second-order valence-corrected chi connectivity index (χ2v) is 5.27. The smallest absolute Gasteiger partial charge is 0.406 e. The third-order valence-electron chi connectivity index (χ3n) is 3.58. The lowest BCUT2D eigenvalue weighted by Crippen LogP contribution is -2.32. The Hall–Kier alpha value is -2.25. The molecule has 1 aromatic rings. The number of likely N-dealkylation sites (tertiary alicyclic amines) is 1. The fourth-order valence-corrected chi connectivity index (χ4v) is 2.51. The highest BCUT2D eigenvalue weighted by atomic mass is 19.4. The molecular formula is C14H15F3N2O3. The second-order valence-electron chi connectivity index (χ2n) is 5.27. The van der Waals surface area contributed by atoms with Gasteiger partial charge in [-0.1, -0.05) is 13.0 Å². The number of primary amides is 1. The van der Waals surface area contributed by atoms with Gasteiger partial charge in [-0.3, -0.25) is 9.59 Å². The van der Waals surface area contributed by atoms with Crippen molar-refractivity contribution in [2.75, 3.05) is 13.1 Å². The number of rotatable bonds is 3. The summed E-state index contributed by atoms with van der Waals surface area (Å²) in [6, 6.07) is 4.84. The molecule has 2 rings (SSSR count). The number of ether oxygens (including phenoxy) is 1. The van der Waals surface area contributed by atoms with Crippen LogP contribution in [0.25, 0.3) is 0 Å². The molecule has 2 atom stereocenters. The van der Waals surface area contributed by atoms with Gasteiger partial charge in [0.2, 0.25) is 5.91 Å². The van der Waals surface area contributed by atoms with Crippen LogP contribution in [0.2, 0.25) is 0 Å². The summed E-state index contributed by atoms with van der Waals surface area (Å²) in [5, 5.41) is 0. The van der Waals surface area contributed by atoms with Gasteiger partial charge in [0.15, 0.2) is 0 Å². The van der Waals surface area contributed by atoms with Crippen molar-refractivity contribution in [1.82, 2.24) is 4.90 Å². The lowest BCUT2D eigenvalue weighted by Gasteiger charge is -2.17. The maximum absolute atomic E-state index is 12.3. The Labute approximate surface area is 124 Å². The Morgan fingerprint density at radius 3 is 2.55 bits per heavy atom. The highest BCUT2D eigenvalue weighted by molar-refractivity contribution is 5.95. The Bertz CT molecular complexity index is 589. The van der Waals surface area contributed by atoms with Gasteiger partial charge in [-0.15, -0.1) is 13.2 Å². The zero-order valence-corrected chi connectivity index (χ0v) is 11.8. The molecule has 0 bridgehead atoms. The molecule has 0 aromatic heterocycles. The third kappa shape index (κ3) is 3.69. The van der Waals surface area contributed by atoms with Gasteiger partial charge >= 0.3 is 6.36 Å². The zero-order chi connectivity index (χ0) is 16.5. The molecule has 1 saturated heterocycles. The largest absolute Gasteiger partial charge is 0.573 e. The first kappa shape index (κ1) is 16.1. The van der Waals surface area contributed by atoms with Crippen LogP contribution in [-0.2, 0) is 4.79 Å². The molecule has 1 aliphatic heterocycles. The molecule has 1 heterocycles. The van der Waals surface area contributed by atoms with Gasteiger partial charge < -0.3 is 15.4 Å². The van der Waals surface area contributed by atoms with E-state index in [-0.39, 0.29) is 18.0 Å². The van der Waals surface area contributed by atoms with E-state index < -0.39 is 29.8 Å². The lowest BCUT2D eigenvalue weighted by molar-refractivity contribution is -0.274. The summed E-state index contributed by atoms with van der Waals surface area (Å²) in [4.78, 5) is 25.0. The van der Waals surface area contributed by atoms with Gasteiger partial charge in [0.25, 0.3) is 5.91 Å². The van der Waals surface area contributed by atoms with Crippen molar-refractivity contribution < 1.29 is 27.5 Å². The van der Waals surface area contributed by atoms with E-state index in [0.717, 1.165) is 12.1 Å². The van der Waals surface area contributed by atoms with Crippen LogP contribution in [0, 0.1) is 11.8 Å². The second kappa shape index (κ2) is 5.86. The van der Waals surface area contributed by atoms with Crippen molar-refractivity contribution in [2.45, 2.75) is 13.3 Å². The van der Waals surface area contributed by atoms with E-state index in [1.165, 1.54) is 17.0 Å². The minimum Gasteiger partial charge on any atom is -0.406 e. The van der Waals surface area contributed by atoms with Crippen molar-refractivity contribution in [3.63, 3.8) is 0 Å². The predicted molar refractivity (Wildman–Crippen MR) is 70.9 cm³/mol. The summed E-state index contributed by atoms with van der Waals surface area (Å²) in [5.74, 6) is -1.94. The SMILES string of the molecule is C[C@@H]1CN(C(=O)c2cccc(OC(F)(F)F)c2)C[C@H]1C(N)=O. The quantitative estimate of drug-likeness (QED) is 0.924. The average Bonchev–Trinajstić information content (AvgIpc) is 2.78. The number of carbonyl (C=O) groups excluding carboxylic acids is 2. The number of alkyl halides is 3. The fraction of sp³-hybridized carbons (Fsp3) is 0.429. The number of nitrogens with two attached hydrogens (primary N) is 1. The number of hydrogen-bond donors (Lipinski definition) is 1. The van der Waals surface area contributed by atoms with Crippen LogP contribution >= 0.6 is 0 Å². The molecule has 1 aliphatic rings. The number of amides is 2. The summed E-state index contributed by atoms with van der Waals surface area (Å²) in [7, 11) is 0. The van der Waals surface area contributed by atoms with Crippen LogP contribution in [0.4, 0.5) is 13.2 Å². The first-order valence-corrected chi connectivity index (χ1v) is 6.62. The van der Waals surface area contributed by atoms with Gasteiger partial charge in [-0.05, 0) is 24.1 Å². The molecule has 0 unspecified atom stereocenters. The minimum absolute atomic E-state index is 0.0686. The number of carbonyl (C=O) groups is 2. The molecule has 0 spiro atoms. The molecule has 120 valence electrons. The van der Waals surface area contributed by atoms with Crippen molar-refractivity contribution in [3.8, 4) is 5.75 Å². The van der Waals surface area contributed by atoms with Crippen molar-refractivity contribution in [2.24, 2.45) is 17.6 Å². The first-order chi connectivity index (χ1) is 10.2. The number of benzene rings is 1. The number of hydrogen-bond acceptors (Lipinski definition) is 3. The summed E-state index contributed by atoms with van der Waals surface area (Å²) in [6.07, 6.45) is -4.82. The molecule has 1 fully saturated rings. The van der Waals surface area contributed by atoms with Crippen molar-refractivity contribution in [1.29, 1.82) is 0 Å². The standard InChI is InChI=1S/C14H15F3N2O3/c1-8-6-19(7-11(8)12(18)20)13(21)9-3-2-4-10(5-9)22-14(15,16)17/h2-5,8,11H,6-7H2,1H3,(H2,18,20)/t8-,11-/m1/s1. The predicted octanol–water partition coefficient (Wildman–Crippen LogP) is 1.78. The fourth-order valence-electron chi connectivity index (χ4n) is 2.51. The van der Waals surface area contributed by atoms with Crippen LogP contribution in [-0.4, -0.2) is 36.2 Å². The van der Waals surface area contributed by atoms with Crippen molar-refractivity contribution >= 4 is 11.8 Å². The highest BCUT2D eigenvalue weighted by Crippen LogP contribution is 2.27. The monoisotopic (exact) mass is 316 g/mol. The van der Waals surface area contributed by atoms with Crippen molar-refractivity contribution in [3.05, 3.63) is 29.8 Å². The van der Waals surface area contributed by atoms with E-state index in [1.807, 2.05) is 0 Å². The van der Waals surface area contributed by atoms with Gasteiger partial charge in [-0.25, -0.2) is 0 Å². The number of nitrogens with zero attached hydrogens (tertiary/aromatic N) is 1. The van der Waals surface area contributed by atoms with Gasteiger partial charge in [0, 0.05) is 18.7 Å². The van der Waals surface area contributed by atoms with Crippen LogP contribution < -0.4 is 10.5 Å². The Morgan fingerprint density at radius 2 is 2.00 bits per heavy atom. The topological polar surface area (TPSA) is 72.6 Å². The van der Waals surface area contributed by atoms with Crippen LogP contribution in [0.3, 0.4) is 0 Å². The Kier molecular flexibility index (Phi) is 4.30. The average molecular weight is 316 g/mol. The van der Waals surface area contributed by atoms with E-state index in [0.29, 0.717) is 6.54 Å².